The van der Waals surface area contributed by atoms with Crippen molar-refractivity contribution in [1.82, 2.24) is 10.1 Å². The Hall–Kier alpha value is -2.83. The SMILES string of the molecule is COc1cc(C(C)=O)ccc1OCc1cc(C(=O)N2CCCC2)no1. The second-order valence-corrected chi connectivity index (χ2v) is 5.89. The summed E-state index contributed by atoms with van der Waals surface area (Å²) in [5, 5.41) is 3.83. The van der Waals surface area contributed by atoms with Crippen LogP contribution < -0.4 is 9.47 Å². The van der Waals surface area contributed by atoms with Gasteiger partial charge in [0, 0.05) is 24.7 Å². The van der Waals surface area contributed by atoms with Gasteiger partial charge in [-0.2, -0.15) is 0 Å². The maximum absolute atomic E-state index is 12.2. The zero-order valence-corrected chi connectivity index (χ0v) is 14.3. The number of methoxy groups -OCH3 is 1. The molecule has 1 fully saturated rings. The van der Waals surface area contributed by atoms with Crippen molar-refractivity contribution in [3.63, 3.8) is 0 Å². The standard InChI is InChI=1S/C18H20N2O5/c1-12(21)13-5-6-16(17(9-13)23-2)24-11-14-10-15(19-25-14)18(22)20-7-3-4-8-20/h5-6,9-10H,3-4,7-8,11H2,1-2H3. The van der Waals surface area contributed by atoms with Crippen LogP contribution in [0.5, 0.6) is 11.5 Å². The fourth-order valence-corrected chi connectivity index (χ4v) is 2.72. The summed E-state index contributed by atoms with van der Waals surface area (Å²) in [4.78, 5) is 25.4. The lowest BCUT2D eigenvalue weighted by Crippen LogP contribution is -2.27. The topological polar surface area (TPSA) is 81.9 Å². The minimum absolute atomic E-state index is 0.0508. The lowest BCUT2D eigenvalue weighted by atomic mass is 10.1. The predicted molar refractivity (Wildman–Crippen MR) is 89.0 cm³/mol. The Morgan fingerprint density at radius 3 is 2.64 bits per heavy atom. The first-order chi connectivity index (χ1) is 12.1. The molecular weight excluding hydrogens is 324 g/mol. The van der Waals surface area contributed by atoms with Crippen LogP contribution in [0.2, 0.25) is 0 Å². The van der Waals surface area contributed by atoms with Crippen LogP contribution in [-0.2, 0) is 6.61 Å². The molecule has 0 aliphatic carbocycles. The molecule has 0 N–H and O–H groups in total. The molecule has 2 heterocycles. The molecule has 7 heteroatoms. The highest BCUT2D eigenvalue weighted by atomic mass is 16.5. The Balaban J connectivity index is 1.66. The van der Waals surface area contributed by atoms with E-state index in [1.54, 1.807) is 29.2 Å². The van der Waals surface area contributed by atoms with Crippen LogP contribution in [0.15, 0.2) is 28.8 Å². The van der Waals surface area contributed by atoms with Crippen LogP contribution in [0.25, 0.3) is 0 Å². The Morgan fingerprint density at radius 2 is 1.96 bits per heavy atom. The monoisotopic (exact) mass is 344 g/mol. The Bertz CT molecular complexity index is 778. The quantitative estimate of drug-likeness (QED) is 0.750. The summed E-state index contributed by atoms with van der Waals surface area (Å²) in [6.45, 7) is 3.12. The van der Waals surface area contributed by atoms with Gasteiger partial charge in [-0.15, -0.1) is 0 Å². The Morgan fingerprint density at radius 1 is 1.20 bits per heavy atom. The molecule has 2 aromatic rings. The van der Waals surface area contributed by atoms with Gasteiger partial charge in [-0.3, -0.25) is 9.59 Å². The molecule has 1 amide bonds. The lowest BCUT2D eigenvalue weighted by Gasteiger charge is -2.12. The molecule has 0 atom stereocenters. The third-order valence-corrected chi connectivity index (χ3v) is 4.11. The Labute approximate surface area is 145 Å². The van der Waals surface area contributed by atoms with Crippen LogP contribution in [0.1, 0.15) is 46.4 Å². The van der Waals surface area contributed by atoms with Gasteiger partial charge in [0.05, 0.1) is 7.11 Å². The molecule has 1 saturated heterocycles. The molecule has 25 heavy (non-hydrogen) atoms. The van der Waals surface area contributed by atoms with Gasteiger partial charge in [0.2, 0.25) is 0 Å². The third-order valence-electron chi connectivity index (χ3n) is 4.11. The van der Waals surface area contributed by atoms with E-state index in [4.69, 9.17) is 14.0 Å². The normalized spacial score (nSPS) is 13.8. The van der Waals surface area contributed by atoms with Crippen molar-refractivity contribution in [2.75, 3.05) is 20.2 Å². The summed E-state index contributed by atoms with van der Waals surface area (Å²) in [6, 6.07) is 6.56. The summed E-state index contributed by atoms with van der Waals surface area (Å²) in [5.41, 5.74) is 0.835. The number of likely N-dealkylation sites (tertiary alicyclic amines) is 1. The zero-order valence-electron chi connectivity index (χ0n) is 14.3. The van der Waals surface area contributed by atoms with E-state index in [1.807, 2.05) is 0 Å². The van der Waals surface area contributed by atoms with Crippen molar-refractivity contribution >= 4 is 11.7 Å². The molecule has 1 aromatic heterocycles. The van der Waals surface area contributed by atoms with E-state index >= 15 is 0 Å². The number of hydrogen-bond donors (Lipinski definition) is 0. The molecule has 0 spiro atoms. The average Bonchev–Trinajstić information content (AvgIpc) is 3.31. The summed E-state index contributed by atoms with van der Waals surface area (Å²) < 4.78 is 16.1. The van der Waals surface area contributed by atoms with E-state index in [0.29, 0.717) is 28.5 Å². The van der Waals surface area contributed by atoms with E-state index < -0.39 is 0 Å². The summed E-state index contributed by atoms with van der Waals surface area (Å²) in [7, 11) is 1.51. The van der Waals surface area contributed by atoms with E-state index in [9.17, 15) is 9.59 Å². The van der Waals surface area contributed by atoms with Gasteiger partial charge in [0.15, 0.2) is 28.7 Å². The second kappa shape index (κ2) is 7.38. The number of benzene rings is 1. The number of hydrogen-bond acceptors (Lipinski definition) is 6. The number of rotatable bonds is 6. The first-order valence-corrected chi connectivity index (χ1v) is 8.15. The average molecular weight is 344 g/mol. The van der Waals surface area contributed by atoms with Crippen molar-refractivity contribution in [2.45, 2.75) is 26.4 Å². The molecule has 1 aliphatic heterocycles. The molecular formula is C18H20N2O5. The van der Waals surface area contributed by atoms with Crippen molar-refractivity contribution in [3.05, 3.63) is 41.3 Å². The van der Waals surface area contributed by atoms with E-state index in [0.717, 1.165) is 25.9 Å². The minimum atomic E-state index is -0.115. The van der Waals surface area contributed by atoms with E-state index in [-0.39, 0.29) is 18.3 Å². The van der Waals surface area contributed by atoms with Crippen LogP contribution in [0, 0.1) is 0 Å². The summed E-state index contributed by atoms with van der Waals surface area (Å²) in [5.74, 6) is 1.22. The van der Waals surface area contributed by atoms with Crippen LogP contribution in [0.3, 0.4) is 0 Å². The number of nitrogens with zero attached hydrogens (tertiary/aromatic N) is 2. The fraction of sp³-hybridized carbons (Fsp3) is 0.389. The van der Waals surface area contributed by atoms with Crippen molar-refractivity contribution in [3.8, 4) is 11.5 Å². The van der Waals surface area contributed by atoms with Gasteiger partial charge >= 0.3 is 0 Å². The molecule has 0 radical (unpaired) electrons. The van der Waals surface area contributed by atoms with Gasteiger partial charge in [0.1, 0.15) is 6.61 Å². The smallest absolute Gasteiger partial charge is 0.276 e. The number of carbonyl (C=O) groups is 2. The van der Waals surface area contributed by atoms with E-state index in [2.05, 4.69) is 5.16 Å². The summed E-state index contributed by atoms with van der Waals surface area (Å²) >= 11 is 0. The van der Waals surface area contributed by atoms with E-state index in [1.165, 1.54) is 14.0 Å². The molecule has 0 saturated carbocycles. The van der Waals surface area contributed by atoms with Crippen LogP contribution in [0.4, 0.5) is 0 Å². The minimum Gasteiger partial charge on any atom is -0.493 e. The van der Waals surface area contributed by atoms with Gasteiger partial charge in [-0.1, -0.05) is 5.16 Å². The predicted octanol–water partition coefficient (Wildman–Crippen LogP) is 2.70. The van der Waals surface area contributed by atoms with Gasteiger partial charge in [-0.05, 0) is 38.0 Å². The first-order valence-electron chi connectivity index (χ1n) is 8.15. The highest BCUT2D eigenvalue weighted by molar-refractivity contribution is 5.94. The molecule has 132 valence electrons. The maximum Gasteiger partial charge on any atom is 0.276 e. The first kappa shape index (κ1) is 17.0. The molecule has 3 rings (SSSR count). The van der Waals surface area contributed by atoms with Crippen molar-refractivity contribution in [2.24, 2.45) is 0 Å². The van der Waals surface area contributed by atoms with Crippen molar-refractivity contribution < 1.29 is 23.6 Å². The summed E-state index contributed by atoms with van der Waals surface area (Å²) in [6.07, 6.45) is 2.05. The third kappa shape index (κ3) is 3.81. The number of ketones is 1. The number of Topliss-reactive ketones (excluding diaryl/α,β-unsaturated/α-hetero) is 1. The van der Waals surface area contributed by atoms with Crippen molar-refractivity contribution in [1.29, 1.82) is 0 Å². The highest BCUT2D eigenvalue weighted by Gasteiger charge is 2.22. The van der Waals surface area contributed by atoms with Gasteiger partial charge in [0.25, 0.3) is 5.91 Å². The Kier molecular flexibility index (Phi) is 5.02. The van der Waals surface area contributed by atoms with Crippen LogP contribution >= 0.6 is 0 Å². The number of ether oxygens (including phenoxy) is 2. The number of amides is 1. The molecule has 7 nitrogen and oxygen atoms in total. The van der Waals surface area contributed by atoms with Gasteiger partial charge < -0.3 is 18.9 Å². The largest absolute Gasteiger partial charge is 0.493 e. The number of carbonyl (C=O) groups excluding carboxylic acids is 2. The molecule has 1 aromatic carbocycles. The lowest BCUT2D eigenvalue weighted by molar-refractivity contribution is 0.0782. The highest BCUT2D eigenvalue weighted by Crippen LogP contribution is 2.29. The molecule has 0 unspecified atom stereocenters. The molecule has 0 bridgehead atoms. The van der Waals surface area contributed by atoms with Crippen LogP contribution in [-0.4, -0.2) is 41.9 Å². The maximum atomic E-state index is 12.2. The number of aromatic nitrogens is 1. The fourth-order valence-electron chi connectivity index (χ4n) is 2.72. The molecule has 1 aliphatic rings. The van der Waals surface area contributed by atoms with Gasteiger partial charge in [-0.25, -0.2) is 0 Å². The second-order valence-electron chi connectivity index (χ2n) is 5.89. The zero-order chi connectivity index (χ0) is 17.8.